The van der Waals surface area contributed by atoms with Crippen LogP contribution in [0.2, 0.25) is 0 Å². The summed E-state index contributed by atoms with van der Waals surface area (Å²) >= 11 is 0. The van der Waals surface area contributed by atoms with Gasteiger partial charge in [-0.25, -0.2) is 27.9 Å². The Labute approximate surface area is 278 Å². The van der Waals surface area contributed by atoms with Crippen LogP contribution in [0.25, 0.3) is 28.0 Å². The minimum atomic E-state index is -0.783. The average molecular weight is 661 g/mol. The van der Waals surface area contributed by atoms with Gasteiger partial charge in [0, 0.05) is 37.8 Å². The number of fused-ring (bicyclic) bond motifs is 5. The lowest BCUT2D eigenvalue weighted by Crippen LogP contribution is -2.55. The topological polar surface area (TPSA) is 103 Å². The van der Waals surface area contributed by atoms with Gasteiger partial charge in [-0.3, -0.25) is 4.98 Å². The zero-order valence-corrected chi connectivity index (χ0v) is 28.3. The van der Waals surface area contributed by atoms with E-state index in [4.69, 9.17) is 19.4 Å². The fraction of sp³-hybridized carbons (Fsp3) is 0.472. The molecule has 2 bridgehead atoms. The van der Waals surface area contributed by atoms with E-state index in [1.165, 1.54) is 22.8 Å². The third kappa shape index (κ3) is 6.32. The number of pyridine rings is 2. The Morgan fingerprint density at radius 3 is 2.65 bits per heavy atom. The van der Waals surface area contributed by atoms with E-state index in [1.54, 1.807) is 17.2 Å². The predicted molar refractivity (Wildman–Crippen MR) is 180 cm³/mol. The smallest absolute Gasteiger partial charge is 0.410 e. The average Bonchev–Trinajstić information content (AvgIpc) is 3.04. The summed E-state index contributed by atoms with van der Waals surface area (Å²) in [6, 6.07) is 7.22. The summed E-state index contributed by atoms with van der Waals surface area (Å²) in [4.78, 5) is 44.8. The van der Waals surface area contributed by atoms with Gasteiger partial charge in [0.2, 0.25) is 0 Å². The van der Waals surface area contributed by atoms with Crippen molar-refractivity contribution in [2.75, 3.05) is 31.1 Å². The SMILES string of the molecule is CCC(C)c1nccc2c1-n1c(=O)nc(N3CCN(C(=O)OC(C)(C)C)C[C@@H]3C)c3cc(F)c(nc31)-c1c(F)cccc1OCCCC2. The number of hydrogen-bond donors (Lipinski definition) is 0. The van der Waals surface area contributed by atoms with Crippen LogP contribution in [0, 0.1) is 11.6 Å². The molecule has 48 heavy (non-hydrogen) atoms. The Bertz CT molecular complexity index is 1920. The van der Waals surface area contributed by atoms with E-state index in [2.05, 4.69) is 11.9 Å². The van der Waals surface area contributed by atoms with Gasteiger partial charge < -0.3 is 19.3 Å². The highest BCUT2D eigenvalue weighted by molar-refractivity contribution is 5.91. The first-order valence-corrected chi connectivity index (χ1v) is 16.7. The highest BCUT2D eigenvalue weighted by Crippen LogP contribution is 2.38. The first-order chi connectivity index (χ1) is 22.9. The van der Waals surface area contributed by atoms with Crippen LogP contribution in [0.1, 0.15) is 78.0 Å². The predicted octanol–water partition coefficient (Wildman–Crippen LogP) is 6.80. The lowest BCUT2D eigenvalue weighted by Gasteiger charge is -2.41. The molecule has 0 N–H and O–H groups in total. The molecule has 0 radical (unpaired) electrons. The molecule has 0 saturated carbocycles. The monoisotopic (exact) mass is 660 g/mol. The van der Waals surface area contributed by atoms with Gasteiger partial charge in [-0.1, -0.05) is 19.9 Å². The van der Waals surface area contributed by atoms with Gasteiger partial charge in [0.25, 0.3) is 0 Å². The van der Waals surface area contributed by atoms with E-state index in [1.807, 2.05) is 45.6 Å². The number of nitrogens with zero attached hydrogens (tertiary/aromatic N) is 6. The summed E-state index contributed by atoms with van der Waals surface area (Å²) in [7, 11) is 0. The van der Waals surface area contributed by atoms with Crippen molar-refractivity contribution in [1.82, 2.24) is 24.4 Å². The van der Waals surface area contributed by atoms with Gasteiger partial charge in [-0.2, -0.15) is 4.98 Å². The number of aromatic nitrogens is 4. The maximum Gasteiger partial charge on any atom is 0.410 e. The summed E-state index contributed by atoms with van der Waals surface area (Å²) in [6.45, 7) is 12.7. The summed E-state index contributed by atoms with van der Waals surface area (Å²) in [5, 5.41) is 0.284. The number of hydrogen-bond acceptors (Lipinski definition) is 8. The molecular formula is C36H42F2N6O4. The quantitative estimate of drug-likeness (QED) is 0.237. The van der Waals surface area contributed by atoms with Crippen molar-refractivity contribution >= 4 is 22.9 Å². The molecule has 1 saturated heterocycles. The van der Waals surface area contributed by atoms with Crippen LogP contribution in [0.4, 0.5) is 19.4 Å². The molecule has 0 spiro atoms. The van der Waals surface area contributed by atoms with Crippen LogP contribution in [0.15, 0.2) is 41.3 Å². The largest absolute Gasteiger partial charge is 0.493 e. The minimum Gasteiger partial charge on any atom is -0.493 e. The number of carbonyl (C=O) groups excluding carboxylic acids is 1. The van der Waals surface area contributed by atoms with Crippen molar-refractivity contribution in [2.24, 2.45) is 0 Å². The highest BCUT2D eigenvalue weighted by Gasteiger charge is 2.33. The first kappa shape index (κ1) is 33.3. The van der Waals surface area contributed by atoms with Crippen LogP contribution in [-0.2, 0) is 11.2 Å². The Morgan fingerprint density at radius 1 is 1.12 bits per heavy atom. The summed E-state index contributed by atoms with van der Waals surface area (Å²) < 4.78 is 44.9. The molecule has 4 aromatic rings. The molecule has 1 amide bonds. The van der Waals surface area contributed by atoms with Gasteiger partial charge in [0.15, 0.2) is 11.5 Å². The normalized spacial score (nSPS) is 17.5. The fourth-order valence-electron chi connectivity index (χ4n) is 6.45. The third-order valence-electron chi connectivity index (χ3n) is 9.00. The fourth-order valence-corrected chi connectivity index (χ4v) is 6.45. The molecule has 2 aliphatic heterocycles. The van der Waals surface area contributed by atoms with E-state index in [9.17, 15) is 9.59 Å². The zero-order chi connectivity index (χ0) is 34.3. The van der Waals surface area contributed by atoms with Crippen molar-refractivity contribution in [2.45, 2.75) is 84.8 Å². The Morgan fingerprint density at radius 2 is 1.92 bits per heavy atom. The lowest BCUT2D eigenvalue weighted by molar-refractivity contribution is 0.0218. The summed E-state index contributed by atoms with van der Waals surface area (Å²) in [6.07, 6.45) is 4.08. The molecule has 12 heteroatoms. The van der Waals surface area contributed by atoms with Crippen molar-refractivity contribution < 1.29 is 23.0 Å². The Hall–Kier alpha value is -4.61. The van der Waals surface area contributed by atoms with Gasteiger partial charge >= 0.3 is 11.8 Å². The molecule has 2 aliphatic rings. The molecule has 6 rings (SSSR count). The van der Waals surface area contributed by atoms with Crippen LogP contribution < -0.4 is 15.3 Å². The van der Waals surface area contributed by atoms with E-state index in [0.717, 1.165) is 18.4 Å². The summed E-state index contributed by atoms with van der Waals surface area (Å²) in [5.74, 6) is -1.07. The molecule has 0 aliphatic carbocycles. The van der Waals surface area contributed by atoms with Gasteiger partial charge in [-0.15, -0.1) is 0 Å². The van der Waals surface area contributed by atoms with Crippen molar-refractivity contribution in [3.8, 4) is 22.7 Å². The van der Waals surface area contributed by atoms with E-state index in [0.29, 0.717) is 50.5 Å². The van der Waals surface area contributed by atoms with Gasteiger partial charge in [-0.05, 0) is 83.2 Å². The molecule has 5 heterocycles. The summed E-state index contributed by atoms with van der Waals surface area (Å²) in [5.41, 5.74) is 0.662. The number of rotatable bonds is 3. The van der Waals surface area contributed by atoms with E-state index in [-0.39, 0.29) is 45.8 Å². The zero-order valence-electron chi connectivity index (χ0n) is 28.3. The maximum atomic E-state index is 16.3. The number of piperazine rings is 1. The molecular weight excluding hydrogens is 618 g/mol. The third-order valence-corrected chi connectivity index (χ3v) is 9.00. The van der Waals surface area contributed by atoms with Crippen LogP contribution >= 0.6 is 0 Å². The lowest BCUT2D eigenvalue weighted by atomic mass is 9.97. The number of ether oxygens (including phenoxy) is 2. The second-order valence-electron chi connectivity index (χ2n) is 13.6. The standard InChI is InChI=1S/C36H42F2N6O4/c1-7-21(2)29-31-23(14-15-39-29)11-8-9-18-47-27-13-10-12-25(37)28(27)30-26(38)19-24-32(41-34(45)44(31)33(24)40-30)43-17-16-42(20-22(43)3)35(46)48-36(4,5)6/h10,12-15,19,21-22H,7-9,11,16-18,20H2,1-6H3/t21?,22-/m0/s1. The van der Waals surface area contributed by atoms with E-state index >= 15 is 8.78 Å². The molecule has 2 atom stereocenters. The molecule has 1 aromatic carbocycles. The van der Waals surface area contributed by atoms with Crippen LogP contribution in [0.3, 0.4) is 0 Å². The van der Waals surface area contributed by atoms with Crippen molar-refractivity contribution in [3.63, 3.8) is 0 Å². The molecule has 254 valence electrons. The highest BCUT2D eigenvalue weighted by atomic mass is 19.1. The molecule has 10 nitrogen and oxygen atoms in total. The molecule has 1 fully saturated rings. The van der Waals surface area contributed by atoms with E-state index < -0.39 is 29.0 Å². The van der Waals surface area contributed by atoms with Crippen LogP contribution in [0.5, 0.6) is 5.75 Å². The first-order valence-electron chi connectivity index (χ1n) is 16.7. The number of aryl methyl sites for hydroxylation is 1. The molecule has 1 unspecified atom stereocenters. The number of carbonyl (C=O) groups is 1. The van der Waals surface area contributed by atoms with Crippen molar-refractivity contribution in [1.29, 1.82) is 0 Å². The molecule has 3 aromatic heterocycles. The van der Waals surface area contributed by atoms with Crippen LogP contribution in [-0.4, -0.2) is 68.4 Å². The number of benzene rings is 1. The van der Waals surface area contributed by atoms with Crippen molar-refractivity contribution in [3.05, 3.63) is 69.9 Å². The second-order valence-corrected chi connectivity index (χ2v) is 13.6. The van der Waals surface area contributed by atoms with Gasteiger partial charge in [0.05, 0.1) is 28.9 Å². The van der Waals surface area contributed by atoms with Gasteiger partial charge in [0.1, 0.15) is 28.7 Å². The Kier molecular flexibility index (Phi) is 9.10. The number of anilines is 1. The Balaban J connectivity index is 1.61. The number of amides is 1. The minimum absolute atomic E-state index is 0.0142. The maximum absolute atomic E-state index is 16.3. The second kappa shape index (κ2) is 13.1. The number of halogens is 2.